The fourth-order valence-electron chi connectivity index (χ4n) is 3.37. The third kappa shape index (κ3) is 6.10. The molecule has 0 saturated heterocycles. The smallest absolute Gasteiger partial charge is 0.221 e. The molecular formula is C23H25BN2O5. The van der Waals surface area contributed by atoms with Crippen LogP contribution in [0.4, 0.5) is 0 Å². The van der Waals surface area contributed by atoms with Crippen molar-refractivity contribution in [3.8, 4) is 17.2 Å². The second-order valence-corrected chi connectivity index (χ2v) is 7.16. The van der Waals surface area contributed by atoms with Gasteiger partial charge in [0.05, 0.1) is 20.5 Å². The van der Waals surface area contributed by atoms with Gasteiger partial charge in [-0.3, -0.25) is 9.59 Å². The maximum atomic E-state index is 12.5. The highest BCUT2D eigenvalue weighted by Gasteiger charge is 2.28. The molecule has 0 spiro atoms. The van der Waals surface area contributed by atoms with Crippen molar-refractivity contribution in [1.29, 1.82) is 0 Å². The monoisotopic (exact) mass is 420 g/mol. The molecule has 1 aliphatic heterocycles. The number of hydrogen-bond acceptors (Lipinski definition) is 5. The number of carbonyl (C=O) groups excluding carboxylic acids is 3. The summed E-state index contributed by atoms with van der Waals surface area (Å²) in [6.45, 7) is 0.508. The van der Waals surface area contributed by atoms with Gasteiger partial charge in [0, 0.05) is 36.5 Å². The molecule has 0 aliphatic carbocycles. The van der Waals surface area contributed by atoms with Crippen LogP contribution in [0.3, 0.4) is 0 Å². The lowest BCUT2D eigenvalue weighted by atomic mass is 9.94. The van der Waals surface area contributed by atoms with Gasteiger partial charge in [-0.2, -0.15) is 0 Å². The van der Waals surface area contributed by atoms with Crippen LogP contribution in [-0.2, 0) is 14.4 Å². The minimum absolute atomic E-state index is 0.0443. The Morgan fingerprint density at radius 3 is 2.61 bits per heavy atom. The highest BCUT2D eigenvalue weighted by Crippen LogP contribution is 2.44. The van der Waals surface area contributed by atoms with E-state index in [1.54, 1.807) is 6.07 Å². The van der Waals surface area contributed by atoms with E-state index >= 15 is 0 Å². The Morgan fingerprint density at radius 1 is 1.03 bits per heavy atom. The summed E-state index contributed by atoms with van der Waals surface area (Å²) in [6.07, 6.45) is 3.18. The van der Waals surface area contributed by atoms with Gasteiger partial charge in [0.15, 0.2) is 0 Å². The van der Waals surface area contributed by atoms with E-state index < -0.39 is 6.04 Å². The highest BCUT2D eigenvalue weighted by molar-refractivity contribution is 6.10. The first-order valence-corrected chi connectivity index (χ1v) is 10.4. The van der Waals surface area contributed by atoms with Gasteiger partial charge in [-0.15, -0.1) is 0 Å². The Balaban J connectivity index is 1.72. The third-order valence-electron chi connectivity index (χ3n) is 4.91. The number of carbonyl (C=O) groups is 3. The molecule has 1 atom stereocenters. The molecule has 1 heterocycles. The average Bonchev–Trinajstić information content (AvgIpc) is 2.77. The molecule has 2 aromatic carbocycles. The Labute approximate surface area is 182 Å². The van der Waals surface area contributed by atoms with E-state index in [9.17, 15) is 14.4 Å². The number of aldehydes is 1. The van der Waals surface area contributed by atoms with Crippen LogP contribution >= 0.6 is 0 Å². The second kappa shape index (κ2) is 11.2. The number of nitrogens with one attached hydrogen (secondary N) is 2. The maximum Gasteiger partial charge on any atom is 0.221 e. The number of amides is 2. The molecule has 0 bridgehead atoms. The largest absolute Gasteiger partial charge is 0.493 e. The quantitative estimate of drug-likeness (QED) is 0.331. The van der Waals surface area contributed by atoms with Crippen molar-refractivity contribution in [1.82, 2.24) is 10.6 Å². The fourth-order valence-corrected chi connectivity index (χ4v) is 3.37. The number of hydrogen-bond donors (Lipinski definition) is 2. The number of rotatable bonds is 11. The standard InChI is InChI=1S/C23H25BN2O5/c24-15-25-21(28)10-11-22(29)26-23-17-6-2-3-7-19(17)31-20-14-16(8-9-18(20)23)30-13-5-1-4-12-27/h2-3,6-9,12,14,23H,1,4-5,10-11,13,15H2,(H,25,28)(H,26,29). The van der Waals surface area contributed by atoms with Crippen molar-refractivity contribution in [3.05, 3.63) is 53.6 Å². The Hall–Kier alpha value is -3.29. The van der Waals surface area contributed by atoms with E-state index in [0.717, 1.165) is 30.3 Å². The van der Waals surface area contributed by atoms with E-state index in [1.165, 1.54) is 0 Å². The number of benzene rings is 2. The summed E-state index contributed by atoms with van der Waals surface area (Å²) in [5, 5.41) is 5.49. The number of para-hydroxylation sites is 1. The summed E-state index contributed by atoms with van der Waals surface area (Å²) in [6, 6.07) is 12.6. The van der Waals surface area contributed by atoms with Crippen molar-refractivity contribution in [2.75, 3.05) is 13.1 Å². The van der Waals surface area contributed by atoms with Crippen LogP contribution in [0.5, 0.6) is 17.2 Å². The van der Waals surface area contributed by atoms with E-state index in [0.29, 0.717) is 30.3 Å². The van der Waals surface area contributed by atoms with Gasteiger partial charge in [-0.05, 0) is 37.5 Å². The summed E-state index contributed by atoms with van der Waals surface area (Å²) in [4.78, 5) is 34.5. The second-order valence-electron chi connectivity index (χ2n) is 7.16. The normalized spacial score (nSPS) is 13.9. The molecule has 0 fully saturated rings. The first-order chi connectivity index (χ1) is 15.1. The Kier molecular flexibility index (Phi) is 8.09. The van der Waals surface area contributed by atoms with Gasteiger partial charge in [0.25, 0.3) is 0 Å². The van der Waals surface area contributed by atoms with E-state index in [4.69, 9.17) is 17.3 Å². The van der Waals surface area contributed by atoms with Crippen LogP contribution in [0.2, 0.25) is 0 Å². The zero-order valence-electron chi connectivity index (χ0n) is 17.3. The minimum atomic E-state index is -0.397. The van der Waals surface area contributed by atoms with Gasteiger partial charge in [-0.1, -0.05) is 18.2 Å². The van der Waals surface area contributed by atoms with Gasteiger partial charge < -0.3 is 24.9 Å². The van der Waals surface area contributed by atoms with Crippen LogP contribution in [0.25, 0.3) is 0 Å². The van der Waals surface area contributed by atoms with Crippen molar-refractivity contribution in [2.45, 2.75) is 38.1 Å². The first kappa shape index (κ1) is 22.4. The predicted molar refractivity (Wildman–Crippen MR) is 116 cm³/mol. The van der Waals surface area contributed by atoms with E-state index in [1.807, 2.05) is 36.4 Å². The molecule has 3 rings (SSSR count). The molecule has 2 radical (unpaired) electrons. The zero-order chi connectivity index (χ0) is 22.1. The molecule has 2 N–H and O–H groups in total. The van der Waals surface area contributed by atoms with Gasteiger partial charge >= 0.3 is 0 Å². The first-order valence-electron chi connectivity index (χ1n) is 10.4. The van der Waals surface area contributed by atoms with Crippen molar-refractivity contribution in [3.63, 3.8) is 0 Å². The molecule has 1 aliphatic rings. The van der Waals surface area contributed by atoms with Crippen LogP contribution < -0.4 is 20.1 Å². The summed E-state index contributed by atoms with van der Waals surface area (Å²) in [5.41, 5.74) is 1.66. The molecular weight excluding hydrogens is 395 g/mol. The van der Waals surface area contributed by atoms with Crippen molar-refractivity contribution >= 4 is 25.9 Å². The van der Waals surface area contributed by atoms with Crippen LogP contribution in [0.1, 0.15) is 49.3 Å². The number of ether oxygens (including phenoxy) is 2. The third-order valence-corrected chi connectivity index (χ3v) is 4.91. The van der Waals surface area contributed by atoms with Gasteiger partial charge in [0.1, 0.15) is 23.5 Å². The van der Waals surface area contributed by atoms with Crippen molar-refractivity contribution in [2.24, 2.45) is 0 Å². The molecule has 0 aromatic heterocycles. The molecule has 2 aromatic rings. The lowest BCUT2D eigenvalue weighted by molar-refractivity contribution is -0.126. The predicted octanol–water partition coefficient (Wildman–Crippen LogP) is 2.77. The van der Waals surface area contributed by atoms with Crippen LogP contribution in [0.15, 0.2) is 42.5 Å². The molecule has 2 amide bonds. The minimum Gasteiger partial charge on any atom is -0.493 e. The molecule has 7 nitrogen and oxygen atoms in total. The Bertz CT molecular complexity index is 934. The van der Waals surface area contributed by atoms with Crippen molar-refractivity contribution < 1.29 is 23.9 Å². The topological polar surface area (TPSA) is 93.7 Å². The lowest BCUT2D eigenvalue weighted by Gasteiger charge is -2.29. The van der Waals surface area contributed by atoms with Crippen LogP contribution in [-0.4, -0.2) is 39.0 Å². The maximum absolute atomic E-state index is 12.5. The summed E-state index contributed by atoms with van der Waals surface area (Å²) < 4.78 is 11.8. The molecule has 8 heteroatoms. The fraction of sp³-hybridized carbons (Fsp3) is 0.348. The molecule has 160 valence electrons. The highest BCUT2D eigenvalue weighted by atomic mass is 16.5. The molecule has 31 heavy (non-hydrogen) atoms. The zero-order valence-corrected chi connectivity index (χ0v) is 17.3. The summed E-state index contributed by atoms with van der Waals surface area (Å²) >= 11 is 0. The van der Waals surface area contributed by atoms with E-state index in [2.05, 4.69) is 10.6 Å². The SMILES string of the molecule is [B]CNC(=O)CCC(=O)NC1c2ccccc2Oc2cc(OCCCCC=O)ccc21. The number of unbranched alkanes of at least 4 members (excludes halogenated alkanes) is 2. The van der Waals surface area contributed by atoms with Crippen LogP contribution in [0, 0.1) is 0 Å². The van der Waals surface area contributed by atoms with Gasteiger partial charge in [-0.25, -0.2) is 0 Å². The molecule has 0 saturated carbocycles. The molecule has 1 unspecified atom stereocenters. The average molecular weight is 420 g/mol. The Morgan fingerprint density at radius 2 is 1.81 bits per heavy atom. The van der Waals surface area contributed by atoms with E-state index in [-0.39, 0.29) is 31.1 Å². The summed E-state index contributed by atoms with van der Waals surface area (Å²) in [7, 11) is 5.28. The lowest BCUT2D eigenvalue weighted by Crippen LogP contribution is -2.32. The summed E-state index contributed by atoms with van der Waals surface area (Å²) in [5.74, 6) is 1.42. The number of fused-ring (bicyclic) bond motifs is 2. The van der Waals surface area contributed by atoms with Gasteiger partial charge in [0.2, 0.25) is 11.8 Å².